The minimum absolute atomic E-state index is 0.199. The fourth-order valence-corrected chi connectivity index (χ4v) is 4.69. The molecule has 2 unspecified atom stereocenters. The third-order valence-electron chi connectivity index (χ3n) is 6.46. The van der Waals surface area contributed by atoms with Gasteiger partial charge in [0.2, 0.25) is 0 Å². The summed E-state index contributed by atoms with van der Waals surface area (Å²) in [5.74, 6) is 1.04. The molecule has 7 nitrogen and oxygen atoms in total. The van der Waals surface area contributed by atoms with Gasteiger partial charge in [-0.1, -0.05) is 26.2 Å². The molecule has 0 N–H and O–H groups in total. The van der Waals surface area contributed by atoms with Crippen molar-refractivity contribution >= 4 is 11.2 Å². The predicted octanol–water partition coefficient (Wildman–Crippen LogP) is 2.29. The van der Waals surface area contributed by atoms with Gasteiger partial charge in [-0.2, -0.15) is 0 Å². The topological polar surface area (TPSA) is 71.1 Å². The lowest BCUT2D eigenvalue weighted by atomic mass is 9.89. The van der Waals surface area contributed by atoms with Gasteiger partial charge in [0.15, 0.2) is 11.2 Å². The summed E-state index contributed by atoms with van der Waals surface area (Å²) >= 11 is 0. The van der Waals surface area contributed by atoms with Crippen LogP contribution in [0, 0.1) is 11.8 Å². The Morgan fingerprint density at radius 1 is 1.22 bits per heavy atom. The lowest BCUT2D eigenvalue weighted by Crippen LogP contribution is -2.43. The van der Waals surface area contributed by atoms with E-state index < -0.39 is 0 Å². The molecule has 0 spiro atoms. The molecular weight excluding hydrogens is 344 g/mol. The highest BCUT2D eigenvalue weighted by atomic mass is 16.5. The lowest BCUT2D eigenvalue weighted by Gasteiger charge is -2.36. The summed E-state index contributed by atoms with van der Waals surface area (Å²) in [6, 6.07) is 0. The van der Waals surface area contributed by atoms with E-state index in [1.54, 1.807) is 13.4 Å². The molecule has 2 aromatic heterocycles. The number of fused-ring (bicyclic) bond motifs is 1. The van der Waals surface area contributed by atoms with Crippen LogP contribution in [0.3, 0.4) is 0 Å². The van der Waals surface area contributed by atoms with Gasteiger partial charge in [-0.25, -0.2) is 9.78 Å². The highest BCUT2D eigenvalue weighted by Gasteiger charge is 2.30. The Morgan fingerprint density at radius 2 is 2.00 bits per heavy atom. The van der Waals surface area contributed by atoms with Gasteiger partial charge in [-0.3, -0.25) is 13.9 Å². The second-order valence-corrected chi connectivity index (χ2v) is 8.20. The SMILES string of the molecule is CCC1OCC1CCn1c(=O)c2c(ncn2CC2CCCCC2)n(C)c1=O. The van der Waals surface area contributed by atoms with Gasteiger partial charge in [0, 0.05) is 26.1 Å². The molecule has 0 radical (unpaired) electrons. The number of hydrogen-bond donors (Lipinski definition) is 0. The number of ether oxygens (including phenoxy) is 1. The molecule has 0 aromatic carbocycles. The van der Waals surface area contributed by atoms with E-state index in [4.69, 9.17) is 4.74 Å². The van der Waals surface area contributed by atoms with E-state index in [9.17, 15) is 9.59 Å². The molecule has 2 atom stereocenters. The summed E-state index contributed by atoms with van der Waals surface area (Å²) in [7, 11) is 1.71. The smallest absolute Gasteiger partial charge is 0.332 e. The highest BCUT2D eigenvalue weighted by molar-refractivity contribution is 5.69. The predicted molar refractivity (Wildman–Crippen MR) is 104 cm³/mol. The molecule has 2 fully saturated rings. The zero-order valence-electron chi connectivity index (χ0n) is 16.4. The Morgan fingerprint density at radius 3 is 2.67 bits per heavy atom. The van der Waals surface area contributed by atoms with Gasteiger partial charge in [-0.15, -0.1) is 0 Å². The number of nitrogens with zero attached hydrogens (tertiary/aromatic N) is 4. The van der Waals surface area contributed by atoms with Gasteiger partial charge in [0.05, 0.1) is 19.0 Å². The fraction of sp³-hybridized carbons (Fsp3) is 0.750. The van der Waals surface area contributed by atoms with Gasteiger partial charge < -0.3 is 9.30 Å². The van der Waals surface area contributed by atoms with Crippen LogP contribution in [0.2, 0.25) is 0 Å². The first-order valence-corrected chi connectivity index (χ1v) is 10.4. The van der Waals surface area contributed by atoms with E-state index in [0.29, 0.717) is 29.5 Å². The van der Waals surface area contributed by atoms with Crippen LogP contribution in [0.15, 0.2) is 15.9 Å². The van der Waals surface area contributed by atoms with E-state index in [0.717, 1.165) is 26.0 Å². The van der Waals surface area contributed by atoms with Crippen LogP contribution in [0.1, 0.15) is 51.9 Å². The molecule has 7 heteroatoms. The third-order valence-corrected chi connectivity index (χ3v) is 6.46. The first-order valence-electron chi connectivity index (χ1n) is 10.4. The summed E-state index contributed by atoms with van der Waals surface area (Å²) in [5, 5.41) is 0. The Balaban J connectivity index is 1.64. The van der Waals surface area contributed by atoms with Crippen molar-refractivity contribution in [2.45, 2.75) is 71.1 Å². The average molecular weight is 374 g/mol. The minimum atomic E-state index is -0.274. The minimum Gasteiger partial charge on any atom is -0.377 e. The quantitative estimate of drug-likeness (QED) is 0.778. The molecule has 0 bridgehead atoms. The van der Waals surface area contributed by atoms with Crippen molar-refractivity contribution in [1.29, 1.82) is 0 Å². The van der Waals surface area contributed by atoms with E-state index in [1.165, 1.54) is 41.2 Å². The Hall–Kier alpha value is -1.89. The number of aryl methyl sites for hydroxylation is 1. The van der Waals surface area contributed by atoms with Crippen LogP contribution in [-0.2, 0) is 24.9 Å². The van der Waals surface area contributed by atoms with Crippen LogP contribution >= 0.6 is 0 Å². The summed E-state index contributed by atoms with van der Waals surface area (Å²) < 4.78 is 10.4. The van der Waals surface area contributed by atoms with Gasteiger partial charge >= 0.3 is 5.69 Å². The molecule has 2 aromatic rings. The summed E-state index contributed by atoms with van der Waals surface area (Å²) in [6.07, 6.45) is 10.0. The summed E-state index contributed by atoms with van der Waals surface area (Å²) in [4.78, 5) is 30.3. The van der Waals surface area contributed by atoms with Crippen LogP contribution in [-0.4, -0.2) is 31.4 Å². The molecule has 1 aliphatic carbocycles. The number of imidazole rings is 1. The maximum Gasteiger partial charge on any atom is 0.332 e. The van der Waals surface area contributed by atoms with Gasteiger partial charge in [0.1, 0.15) is 0 Å². The standard InChI is InChI=1S/C20H30N4O3/c1-3-16-15(12-27-16)9-10-24-19(25)17-18(22(2)20(24)26)21-13-23(17)11-14-7-5-4-6-8-14/h13-16H,3-12H2,1-2H3. The van der Waals surface area contributed by atoms with Crippen molar-refractivity contribution in [1.82, 2.24) is 18.7 Å². The Kier molecular flexibility index (Phi) is 5.21. The molecule has 4 rings (SSSR count). The molecule has 0 amide bonds. The molecule has 2 aliphatic rings. The van der Waals surface area contributed by atoms with E-state index in [2.05, 4.69) is 11.9 Å². The van der Waals surface area contributed by atoms with Crippen molar-refractivity contribution in [3.05, 3.63) is 27.2 Å². The zero-order valence-corrected chi connectivity index (χ0v) is 16.4. The largest absolute Gasteiger partial charge is 0.377 e. The average Bonchev–Trinajstić information content (AvgIpc) is 3.07. The Labute approximate surface area is 159 Å². The van der Waals surface area contributed by atoms with Crippen LogP contribution in [0.4, 0.5) is 0 Å². The maximum absolute atomic E-state index is 13.2. The summed E-state index contributed by atoms with van der Waals surface area (Å²) in [6.45, 7) is 4.10. The van der Waals surface area contributed by atoms with Crippen LogP contribution < -0.4 is 11.2 Å². The first kappa shape index (κ1) is 18.5. The second kappa shape index (κ2) is 7.62. The molecule has 1 saturated carbocycles. The molecule has 148 valence electrons. The first-order chi connectivity index (χ1) is 13.1. The van der Waals surface area contributed by atoms with E-state index in [-0.39, 0.29) is 17.4 Å². The van der Waals surface area contributed by atoms with Crippen molar-refractivity contribution < 1.29 is 4.74 Å². The monoisotopic (exact) mass is 374 g/mol. The van der Waals surface area contributed by atoms with Gasteiger partial charge in [-0.05, 0) is 31.6 Å². The fourth-order valence-electron chi connectivity index (χ4n) is 4.69. The van der Waals surface area contributed by atoms with E-state index >= 15 is 0 Å². The molecular formula is C20H30N4O3. The number of aromatic nitrogens is 4. The van der Waals surface area contributed by atoms with Gasteiger partial charge in [0.25, 0.3) is 5.56 Å². The second-order valence-electron chi connectivity index (χ2n) is 8.20. The van der Waals surface area contributed by atoms with Crippen molar-refractivity contribution in [2.24, 2.45) is 18.9 Å². The normalized spacial score (nSPS) is 23.6. The number of hydrogen-bond acceptors (Lipinski definition) is 4. The Bertz CT molecular complexity index is 918. The van der Waals surface area contributed by atoms with Crippen molar-refractivity contribution in [2.75, 3.05) is 6.61 Å². The lowest BCUT2D eigenvalue weighted by molar-refractivity contribution is -0.119. The number of rotatable bonds is 6. The third kappa shape index (κ3) is 3.37. The zero-order chi connectivity index (χ0) is 19.0. The highest BCUT2D eigenvalue weighted by Crippen LogP contribution is 2.27. The van der Waals surface area contributed by atoms with Crippen LogP contribution in [0.25, 0.3) is 11.2 Å². The van der Waals surface area contributed by atoms with E-state index in [1.807, 2.05) is 4.57 Å². The molecule has 27 heavy (non-hydrogen) atoms. The summed E-state index contributed by atoms with van der Waals surface area (Å²) in [5.41, 5.74) is 0.591. The molecule has 1 saturated heterocycles. The van der Waals surface area contributed by atoms with Crippen molar-refractivity contribution in [3.8, 4) is 0 Å². The molecule has 1 aliphatic heterocycles. The molecule has 3 heterocycles. The maximum atomic E-state index is 13.2. The van der Waals surface area contributed by atoms with Crippen LogP contribution in [0.5, 0.6) is 0 Å². The van der Waals surface area contributed by atoms with Crippen molar-refractivity contribution in [3.63, 3.8) is 0 Å².